The van der Waals surface area contributed by atoms with Gasteiger partial charge in [-0.25, -0.2) is 0 Å². The third-order valence-electron chi connectivity index (χ3n) is 4.70. The number of benzene rings is 1. The van der Waals surface area contributed by atoms with Crippen LogP contribution in [-0.4, -0.2) is 39.8 Å². The lowest BCUT2D eigenvalue weighted by atomic mass is 9.87. The van der Waals surface area contributed by atoms with Crippen molar-refractivity contribution in [3.05, 3.63) is 65.4 Å². The highest BCUT2D eigenvalue weighted by atomic mass is 16.2. The number of anilines is 1. The molecule has 0 saturated carbocycles. The van der Waals surface area contributed by atoms with Gasteiger partial charge in [-0.3, -0.25) is 23.7 Å². The highest BCUT2D eigenvalue weighted by Gasteiger charge is 2.41. The lowest BCUT2D eigenvalue weighted by Crippen LogP contribution is -2.57. The standard InChI is InChI=1S/C20H21N4O4/c1-13(25)23-12-4-5-16(18(23)19(21)27)20(28)22-14-7-9-15(10-8-14)24-11-3-2-6-17(24)26/h2-3,5-11,16,18H,4,12H2,1H3,(H2,21,27)(H,22,28). The molecule has 1 radical (unpaired) electrons. The van der Waals surface area contributed by atoms with Crippen molar-refractivity contribution in [1.82, 2.24) is 9.47 Å². The first kappa shape index (κ1) is 19.3. The Labute approximate surface area is 161 Å². The summed E-state index contributed by atoms with van der Waals surface area (Å²) in [7, 11) is 0. The Morgan fingerprint density at radius 3 is 2.43 bits per heavy atom. The molecule has 2 unspecified atom stereocenters. The summed E-state index contributed by atoms with van der Waals surface area (Å²) in [6.45, 7) is 1.70. The summed E-state index contributed by atoms with van der Waals surface area (Å²) in [4.78, 5) is 49.6. The predicted octanol–water partition coefficient (Wildman–Crippen LogP) is 0.703. The van der Waals surface area contributed by atoms with Crippen molar-refractivity contribution < 1.29 is 14.4 Å². The first-order chi connectivity index (χ1) is 13.4. The van der Waals surface area contributed by atoms with Gasteiger partial charge in [0.15, 0.2) is 0 Å². The van der Waals surface area contributed by atoms with Crippen LogP contribution < -0.4 is 16.6 Å². The largest absolute Gasteiger partial charge is 0.368 e. The Morgan fingerprint density at radius 2 is 1.82 bits per heavy atom. The minimum absolute atomic E-state index is 0.162. The van der Waals surface area contributed by atoms with Crippen LogP contribution in [0.4, 0.5) is 5.69 Å². The van der Waals surface area contributed by atoms with E-state index in [9.17, 15) is 19.2 Å². The van der Waals surface area contributed by atoms with E-state index in [0.29, 0.717) is 24.3 Å². The fourth-order valence-corrected chi connectivity index (χ4v) is 3.36. The fourth-order valence-electron chi connectivity index (χ4n) is 3.36. The molecule has 8 heteroatoms. The summed E-state index contributed by atoms with van der Waals surface area (Å²) in [5.41, 5.74) is 6.45. The number of carbonyl (C=O) groups is 3. The second-order valence-electron chi connectivity index (χ2n) is 6.55. The molecule has 3 amide bonds. The normalized spacial score (nSPS) is 19.1. The smallest absolute Gasteiger partial charge is 0.255 e. The zero-order valence-electron chi connectivity index (χ0n) is 15.4. The molecule has 3 N–H and O–H groups in total. The Morgan fingerprint density at radius 1 is 1.11 bits per heavy atom. The molecule has 1 aliphatic heterocycles. The summed E-state index contributed by atoms with van der Waals surface area (Å²) in [5.74, 6) is -2.26. The minimum Gasteiger partial charge on any atom is -0.368 e. The van der Waals surface area contributed by atoms with Gasteiger partial charge >= 0.3 is 0 Å². The second kappa shape index (κ2) is 8.08. The molecular weight excluding hydrogens is 360 g/mol. The summed E-state index contributed by atoms with van der Waals surface area (Å²) >= 11 is 0. The number of pyridine rings is 1. The molecule has 1 aliphatic rings. The average Bonchev–Trinajstić information content (AvgIpc) is 2.68. The zero-order valence-corrected chi connectivity index (χ0v) is 15.4. The van der Waals surface area contributed by atoms with Crippen LogP contribution in [0.5, 0.6) is 0 Å². The molecular formula is C20H21N4O4. The lowest BCUT2D eigenvalue weighted by Gasteiger charge is -2.37. The number of nitrogens with zero attached hydrogens (tertiary/aromatic N) is 2. The minimum atomic E-state index is -1.01. The number of carbonyl (C=O) groups excluding carboxylic acids is 3. The molecule has 1 aromatic heterocycles. The summed E-state index contributed by atoms with van der Waals surface area (Å²) in [6, 6.07) is 10.6. The second-order valence-corrected chi connectivity index (χ2v) is 6.55. The van der Waals surface area contributed by atoms with Crippen molar-refractivity contribution >= 4 is 23.4 Å². The maximum Gasteiger partial charge on any atom is 0.255 e. The number of nitrogens with one attached hydrogen (secondary N) is 1. The molecule has 0 spiro atoms. The molecule has 1 fully saturated rings. The number of primary amides is 1. The highest BCUT2D eigenvalue weighted by Crippen LogP contribution is 2.25. The number of aromatic nitrogens is 1. The first-order valence-corrected chi connectivity index (χ1v) is 8.87. The molecule has 8 nitrogen and oxygen atoms in total. The predicted molar refractivity (Wildman–Crippen MR) is 103 cm³/mol. The summed E-state index contributed by atoms with van der Waals surface area (Å²) < 4.78 is 1.48. The first-order valence-electron chi connectivity index (χ1n) is 8.87. The third kappa shape index (κ3) is 3.95. The lowest BCUT2D eigenvalue weighted by molar-refractivity contribution is -0.143. The van der Waals surface area contributed by atoms with E-state index < -0.39 is 23.8 Å². The number of piperidine rings is 1. The highest BCUT2D eigenvalue weighted by molar-refractivity contribution is 5.99. The van der Waals surface area contributed by atoms with Gasteiger partial charge in [0.25, 0.3) is 5.56 Å². The van der Waals surface area contributed by atoms with Gasteiger partial charge in [-0.1, -0.05) is 6.07 Å². The zero-order chi connectivity index (χ0) is 20.3. The van der Waals surface area contributed by atoms with E-state index in [1.165, 1.54) is 22.5 Å². The van der Waals surface area contributed by atoms with E-state index >= 15 is 0 Å². The molecule has 145 valence electrons. The van der Waals surface area contributed by atoms with Crippen LogP contribution in [0.1, 0.15) is 13.3 Å². The Kier molecular flexibility index (Phi) is 5.58. The Balaban J connectivity index is 1.76. The van der Waals surface area contributed by atoms with Crippen LogP contribution >= 0.6 is 0 Å². The monoisotopic (exact) mass is 381 g/mol. The van der Waals surface area contributed by atoms with E-state index in [1.54, 1.807) is 49.0 Å². The number of rotatable bonds is 4. The maximum absolute atomic E-state index is 12.7. The van der Waals surface area contributed by atoms with E-state index in [2.05, 4.69) is 5.32 Å². The molecule has 1 aromatic carbocycles. The van der Waals surface area contributed by atoms with Crippen LogP contribution in [0, 0.1) is 12.3 Å². The van der Waals surface area contributed by atoms with Crippen LogP contribution in [-0.2, 0) is 14.4 Å². The fraction of sp³-hybridized carbons (Fsp3) is 0.250. The number of hydrogen-bond donors (Lipinski definition) is 2. The van der Waals surface area contributed by atoms with E-state index in [0.717, 1.165) is 0 Å². The van der Waals surface area contributed by atoms with Crippen LogP contribution in [0.15, 0.2) is 53.5 Å². The molecule has 0 aliphatic carbocycles. The van der Waals surface area contributed by atoms with Gasteiger partial charge in [-0.2, -0.15) is 0 Å². The van der Waals surface area contributed by atoms with Crippen molar-refractivity contribution in [2.24, 2.45) is 11.7 Å². The van der Waals surface area contributed by atoms with Crippen molar-refractivity contribution in [3.8, 4) is 5.69 Å². The summed E-state index contributed by atoms with van der Waals surface area (Å²) in [5, 5.41) is 2.75. The quantitative estimate of drug-likeness (QED) is 0.811. The number of likely N-dealkylation sites (tertiary alicyclic amines) is 1. The molecule has 28 heavy (non-hydrogen) atoms. The van der Waals surface area contributed by atoms with E-state index in [1.807, 2.05) is 0 Å². The van der Waals surface area contributed by atoms with Crippen LogP contribution in [0.2, 0.25) is 0 Å². The Hall–Kier alpha value is -3.42. The van der Waals surface area contributed by atoms with Gasteiger partial charge in [0.1, 0.15) is 6.04 Å². The number of amides is 3. The molecule has 2 atom stereocenters. The molecule has 0 bridgehead atoms. The molecule has 1 saturated heterocycles. The van der Waals surface area contributed by atoms with Gasteiger partial charge < -0.3 is 16.0 Å². The number of nitrogens with two attached hydrogens (primary N) is 1. The van der Waals surface area contributed by atoms with Gasteiger partial charge in [0.2, 0.25) is 17.7 Å². The van der Waals surface area contributed by atoms with Crippen molar-refractivity contribution in [2.75, 3.05) is 11.9 Å². The van der Waals surface area contributed by atoms with Crippen molar-refractivity contribution in [1.29, 1.82) is 0 Å². The van der Waals surface area contributed by atoms with Crippen molar-refractivity contribution in [3.63, 3.8) is 0 Å². The molecule has 2 heterocycles. The topological polar surface area (TPSA) is 114 Å². The van der Waals surface area contributed by atoms with E-state index in [4.69, 9.17) is 5.73 Å². The third-order valence-corrected chi connectivity index (χ3v) is 4.70. The average molecular weight is 381 g/mol. The molecule has 3 rings (SSSR count). The van der Waals surface area contributed by atoms with Crippen molar-refractivity contribution in [2.45, 2.75) is 19.4 Å². The SMILES string of the molecule is CC(=O)N1CC[CH]C(C(=O)Nc2ccc(-n3ccccc3=O)cc2)C1C(N)=O. The van der Waals surface area contributed by atoms with E-state index in [-0.39, 0.29) is 11.5 Å². The van der Waals surface area contributed by atoms with Gasteiger partial charge in [0, 0.05) is 37.1 Å². The molecule has 2 aromatic rings. The van der Waals surface area contributed by atoms with Gasteiger partial charge in [0.05, 0.1) is 5.92 Å². The van der Waals surface area contributed by atoms with Crippen LogP contribution in [0.25, 0.3) is 5.69 Å². The summed E-state index contributed by atoms with van der Waals surface area (Å²) in [6.07, 6.45) is 3.86. The Bertz CT molecular complexity index is 951. The van der Waals surface area contributed by atoms with Gasteiger partial charge in [-0.15, -0.1) is 0 Å². The van der Waals surface area contributed by atoms with Crippen LogP contribution in [0.3, 0.4) is 0 Å². The maximum atomic E-state index is 12.7. The number of hydrogen-bond acceptors (Lipinski definition) is 4. The van der Waals surface area contributed by atoms with Gasteiger partial charge in [-0.05, 0) is 43.2 Å².